The summed E-state index contributed by atoms with van der Waals surface area (Å²) in [6, 6.07) is 6.34. The second-order valence-electron chi connectivity index (χ2n) is 4.57. The molecule has 0 saturated heterocycles. The van der Waals surface area contributed by atoms with Crippen LogP contribution in [0.2, 0.25) is 0 Å². The molecule has 1 aromatic carbocycles. The molecule has 1 rings (SSSR count). The van der Waals surface area contributed by atoms with Crippen molar-refractivity contribution in [2.45, 2.75) is 6.42 Å². The average molecular weight is 267 g/mol. The highest BCUT2D eigenvalue weighted by atomic mass is 19.1. The molecule has 0 bridgehead atoms. The lowest BCUT2D eigenvalue weighted by Crippen LogP contribution is -2.38. The molecule has 0 spiro atoms. The Morgan fingerprint density at radius 1 is 1.26 bits per heavy atom. The van der Waals surface area contributed by atoms with Crippen LogP contribution in [0.4, 0.5) is 4.39 Å². The Bertz CT molecular complexity index is 381. The number of hydrogen-bond donors (Lipinski definition) is 2. The fraction of sp³-hybridized carbons (Fsp3) is 0.500. The van der Waals surface area contributed by atoms with Crippen molar-refractivity contribution in [1.29, 1.82) is 0 Å². The van der Waals surface area contributed by atoms with Gasteiger partial charge in [0.15, 0.2) is 0 Å². The highest BCUT2D eigenvalue weighted by molar-refractivity contribution is 5.77. The molecule has 0 radical (unpaired) electrons. The van der Waals surface area contributed by atoms with Crippen molar-refractivity contribution in [3.8, 4) is 0 Å². The van der Waals surface area contributed by atoms with Crippen LogP contribution >= 0.6 is 0 Å². The summed E-state index contributed by atoms with van der Waals surface area (Å²) in [5.74, 6) is -0.223. The van der Waals surface area contributed by atoms with E-state index in [1.165, 1.54) is 12.1 Å². The van der Waals surface area contributed by atoms with Crippen molar-refractivity contribution >= 4 is 5.91 Å². The largest absolute Gasteiger partial charge is 0.355 e. The lowest BCUT2D eigenvalue weighted by Gasteiger charge is -2.15. The summed E-state index contributed by atoms with van der Waals surface area (Å²) < 4.78 is 12.7. The maximum absolute atomic E-state index is 12.7. The van der Waals surface area contributed by atoms with E-state index >= 15 is 0 Å². The molecule has 4 nitrogen and oxygen atoms in total. The quantitative estimate of drug-likeness (QED) is 0.726. The van der Waals surface area contributed by atoms with Gasteiger partial charge in [-0.05, 0) is 38.2 Å². The lowest BCUT2D eigenvalue weighted by atomic mass is 10.1. The third kappa shape index (κ3) is 6.88. The number of rotatable bonds is 8. The molecule has 0 heterocycles. The Hall–Kier alpha value is -1.46. The van der Waals surface area contributed by atoms with Crippen LogP contribution in [0.3, 0.4) is 0 Å². The smallest absolute Gasteiger partial charge is 0.234 e. The minimum atomic E-state index is -0.237. The Balaban J connectivity index is 2.18. The molecule has 0 aliphatic heterocycles. The number of carbonyl (C=O) groups is 1. The van der Waals surface area contributed by atoms with Gasteiger partial charge in [0, 0.05) is 19.6 Å². The molecule has 0 aliphatic rings. The van der Waals surface area contributed by atoms with E-state index in [9.17, 15) is 9.18 Å². The normalized spacial score (nSPS) is 10.7. The van der Waals surface area contributed by atoms with Crippen LogP contribution in [-0.4, -0.2) is 51.1 Å². The van der Waals surface area contributed by atoms with Gasteiger partial charge in [-0.2, -0.15) is 0 Å². The van der Waals surface area contributed by atoms with Crippen molar-refractivity contribution < 1.29 is 9.18 Å². The third-order valence-electron chi connectivity index (χ3n) is 2.81. The van der Waals surface area contributed by atoms with Crippen molar-refractivity contribution in [1.82, 2.24) is 15.5 Å². The van der Waals surface area contributed by atoms with Crippen LogP contribution in [-0.2, 0) is 11.2 Å². The number of hydrogen-bond acceptors (Lipinski definition) is 3. The Labute approximate surface area is 114 Å². The minimum absolute atomic E-state index is 0.0146. The summed E-state index contributed by atoms with van der Waals surface area (Å²) in [5.41, 5.74) is 1.02. The van der Waals surface area contributed by atoms with Crippen LogP contribution in [0.25, 0.3) is 0 Å². The molecule has 0 unspecified atom stereocenters. The number of amides is 1. The predicted octanol–water partition coefficient (Wildman–Crippen LogP) is 0.636. The van der Waals surface area contributed by atoms with Crippen LogP contribution in [0, 0.1) is 5.82 Å². The Morgan fingerprint density at radius 3 is 2.58 bits per heavy atom. The second kappa shape index (κ2) is 8.61. The van der Waals surface area contributed by atoms with Gasteiger partial charge in [-0.25, -0.2) is 4.39 Å². The number of nitrogens with zero attached hydrogens (tertiary/aromatic N) is 1. The van der Waals surface area contributed by atoms with Crippen LogP contribution in [0.5, 0.6) is 0 Å². The van der Waals surface area contributed by atoms with Crippen molar-refractivity contribution in [2.24, 2.45) is 0 Å². The standard InChI is InChI=1S/C14H22FN3O/c1-16-9-10-18(2)11-14(19)17-8-7-12-3-5-13(15)6-4-12/h3-6,16H,7-11H2,1-2H3,(H,17,19). The van der Waals surface area contributed by atoms with Crippen molar-refractivity contribution in [3.05, 3.63) is 35.6 Å². The van der Waals surface area contributed by atoms with Gasteiger partial charge >= 0.3 is 0 Å². The summed E-state index contributed by atoms with van der Waals surface area (Å²) >= 11 is 0. The van der Waals surface area contributed by atoms with E-state index in [1.807, 2.05) is 19.0 Å². The first-order valence-corrected chi connectivity index (χ1v) is 6.46. The number of likely N-dealkylation sites (N-methyl/N-ethyl adjacent to an activating group) is 2. The van der Waals surface area contributed by atoms with Crippen molar-refractivity contribution in [3.63, 3.8) is 0 Å². The third-order valence-corrected chi connectivity index (χ3v) is 2.81. The van der Waals surface area contributed by atoms with Crippen LogP contribution in [0.1, 0.15) is 5.56 Å². The molecule has 2 N–H and O–H groups in total. The van der Waals surface area contributed by atoms with E-state index in [-0.39, 0.29) is 11.7 Å². The van der Waals surface area contributed by atoms with E-state index < -0.39 is 0 Å². The van der Waals surface area contributed by atoms with E-state index in [2.05, 4.69) is 10.6 Å². The van der Waals surface area contributed by atoms with E-state index in [0.717, 1.165) is 18.7 Å². The molecule has 0 atom stereocenters. The molecule has 5 heteroatoms. The SMILES string of the molecule is CNCCN(C)CC(=O)NCCc1ccc(F)cc1. The topological polar surface area (TPSA) is 44.4 Å². The molecular weight excluding hydrogens is 245 g/mol. The van der Waals surface area contributed by atoms with Crippen molar-refractivity contribution in [2.75, 3.05) is 40.3 Å². The Kier molecular flexibility index (Phi) is 7.07. The number of benzene rings is 1. The molecule has 19 heavy (non-hydrogen) atoms. The summed E-state index contributed by atoms with van der Waals surface area (Å²) in [7, 11) is 3.80. The summed E-state index contributed by atoms with van der Waals surface area (Å²) in [6.07, 6.45) is 0.715. The first-order valence-electron chi connectivity index (χ1n) is 6.46. The number of nitrogens with one attached hydrogen (secondary N) is 2. The van der Waals surface area contributed by atoms with Gasteiger partial charge in [0.05, 0.1) is 6.54 Å². The molecule has 0 aromatic heterocycles. The van der Waals surface area contributed by atoms with E-state index in [4.69, 9.17) is 0 Å². The predicted molar refractivity (Wildman–Crippen MR) is 74.5 cm³/mol. The van der Waals surface area contributed by atoms with Gasteiger partial charge in [-0.1, -0.05) is 12.1 Å². The zero-order chi connectivity index (χ0) is 14.1. The summed E-state index contributed by atoms with van der Waals surface area (Å²) in [6.45, 7) is 2.66. The highest BCUT2D eigenvalue weighted by Gasteiger charge is 2.05. The van der Waals surface area contributed by atoms with Crippen LogP contribution < -0.4 is 10.6 Å². The zero-order valence-electron chi connectivity index (χ0n) is 11.6. The first-order chi connectivity index (χ1) is 9.11. The zero-order valence-corrected chi connectivity index (χ0v) is 11.6. The fourth-order valence-corrected chi connectivity index (χ4v) is 1.68. The molecular formula is C14H22FN3O. The van der Waals surface area contributed by atoms with Gasteiger partial charge in [0.25, 0.3) is 0 Å². The first kappa shape index (κ1) is 15.6. The minimum Gasteiger partial charge on any atom is -0.355 e. The van der Waals surface area contributed by atoms with E-state index in [1.54, 1.807) is 12.1 Å². The fourth-order valence-electron chi connectivity index (χ4n) is 1.68. The Morgan fingerprint density at radius 2 is 1.95 bits per heavy atom. The molecule has 0 fully saturated rings. The molecule has 1 amide bonds. The second-order valence-corrected chi connectivity index (χ2v) is 4.57. The molecule has 0 aliphatic carbocycles. The number of carbonyl (C=O) groups excluding carboxylic acids is 1. The van der Waals surface area contributed by atoms with E-state index in [0.29, 0.717) is 19.5 Å². The van der Waals surface area contributed by atoms with Gasteiger partial charge in [0.1, 0.15) is 5.82 Å². The summed E-state index contributed by atoms with van der Waals surface area (Å²) in [5, 5.41) is 5.90. The maximum Gasteiger partial charge on any atom is 0.234 e. The van der Waals surface area contributed by atoms with Gasteiger partial charge < -0.3 is 10.6 Å². The molecule has 106 valence electrons. The maximum atomic E-state index is 12.7. The summed E-state index contributed by atoms with van der Waals surface area (Å²) in [4.78, 5) is 13.6. The molecule has 1 aromatic rings. The van der Waals surface area contributed by atoms with Gasteiger partial charge in [0.2, 0.25) is 5.91 Å². The van der Waals surface area contributed by atoms with Gasteiger partial charge in [-0.3, -0.25) is 9.69 Å². The highest BCUT2D eigenvalue weighted by Crippen LogP contribution is 2.02. The monoisotopic (exact) mass is 267 g/mol. The van der Waals surface area contributed by atoms with Crippen LogP contribution in [0.15, 0.2) is 24.3 Å². The number of halogens is 1. The molecule has 0 saturated carbocycles. The lowest BCUT2D eigenvalue weighted by molar-refractivity contribution is -0.121. The van der Waals surface area contributed by atoms with Gasteiger partial charge in [-0.15, -0.1) is 0 Å². The average Bonchev–Trinajstić information content (AvgIpc) is 2.38.